The van der Waals surface area contributed by atoms with Gasteiger partial charge in [0.05, 0.1) is 31.0 Å². The molecule has 3 aliphatic heterocycles. The van der Waals surface area contributed by atoms with E-state index < -0.39 is 78.0 Å². The third kappa shape index (κ3) is 9.34. The van der Waals surface area contributed by atoms with E-state index in [0.29, 0.717) is 12.8 Å². The number of hydrogen-bond acceptors (Lipinski definition) is 13. The third-order valence-electron chi connectivity index (χ3n) is 10.2. The zero-order valence-corrected chi connectivity index (χ0v) is 30.8. The second-order valence-electron chi connectivity index (χ2n) is 14.0. The Morgan fingerprint density at radius 3 is 2.33 bits per heavy atom. The molecule has 10 atom stereocenters. The molecule has 3 saturated heterocycles. The highest BCUT2D eigenvalue weighted by Crippen LogP contribution is 2.44. The molecule has 0 radical (unpaired) electrons. The van der Waals surface area contributed by atoms with Crippen molar-refractivity contribution < 1.29 is 61.8 Å². The summed E-state index contributed by atoms with van der Waals surface area (Å²) < 4.78 is 53.2. The first kappa shape index (κ1) is 40.4. The molecule has 1 aromatic carbocycles. The molecule has 0 aliphatic carbocycles. The van der Waals surface area contributed by atoms with Gasteiger partial charge in [0.15, 0.2) is 6.23 Å². The van der Waals surface area contributed by atoms with Crippen molar-refractivity contribution in [1.82, 2.24) is 5.32 Å². The van der Waals surface area contributed by atoms with E-state index in [1.807, 2.05) is 27.7 Å². The molecule has 0 spiro atoms. The maximum absolute atomic E-state index is 14.4. The minimum Gasteiger partial charge on any atom is -0.469 e. The lowest BCUT2D eigenvalue weighted by atomic mass is 9.72. The highest BCUT2D eigenvalue weighted by atomic mass is 16.7. The summed E-state index contributed by atoms with van der Waals surface area (Å²) in [6, 6.07) is 8.29. The smallest absolute Gasteiger partial charge is 0.339 e. The van der Waals surface area contributed by atoms with Gasteiger partial charge < -0.3 is 47.9 Å². The number of rotatable bonds is 14. The van der Waals surface area contributed by atoms with Crippen LogP contribution in [0.3, 0.4) is 0 Å². The first-order valence-electron chi connectivity index (χ1n) is 17.3. The highest BCUT2D eigenvalue weighted by Gasteiger charge is 2.58. The maximum Gasteiger partial charge on any atom is 0.339 e. The number of nitrogens with one attached hydrogen (secondary N) is 1. The van der Waals surface area contributed by atoms with Gasteiger partial charge in [-0.2, -0.15) is 0 Å². The molecule has 1 N–H and O–H groups in total. The molecular formula is C37H53NO13. The van der Waals surface area contributed by atoms with Crippen LogP contribution in [-0.4, -0.2) is 107 Å². The van der Waals surface area contributed by atoms with Gasteiger partial charge in [0.1, 0.15) is 25.1 Å². The summed E-state index contributed by atoms with van der Waals surface area (Å²) in [7, 11) is 4.27. The Morgan fingerprint density at radius 2 is 1.73 bits per heavy atom. The Kier molecular flexibility index (Phi) is 13.8. The van der Waals surface area contributed by atoms with Gasteiger partial charge in [-0.15, -0.1) is 0 Å². The summed E-state index contributed by atoms with van der Waals surface area (Å²) in [5, 5.41) is 2.88. The number of amides is 1. The van der Waals surface area contributed by atoms with Crippen molar-refractivity contribution in [3.8, 4) is 0 Å². The fourth-order valence-corrected chi connectivity index (χ4v) is 7.09. The molecule has 14 nitrogen and oxygen atoms in total. The van der Waals surface area contributed by atoms with Gasteiger partial charge in [0.2, 0.25) is 11.9 Å². The molecule has 51 heavy (non-hydrogen) atoms. The predicted octanol–water partition coefficient (Wildman–Crippen LogP) is 3.84. The molecule has 0 bridgehead atoms. The van der Waals surface area contributed by atoms with Crippen LogP contribution < -0.4 is 5.32 Å². The van der Waals surface area contributed by atoms with E-state index in [1.54, 1.807) is 37.4 Å². The molecule has 3 aliphatic rings. The van der Waals surface area contributed by atoms with E-state index >= 15 is 0 Å². The zero-order chi connectivity index (χ0) is 37.5. The Labute approximate surface area is 299 Å². The minimum absolute atomic E-state index is 0.0421. The molecule has 0 saturated carbocycles. The average Bonchev–Trinajstić information content (AvgIpc) is 3.09. The van der Waals surface area contributed by atoms with Crippen LogP contribution in [0.15, 0.2) is 42.5 Å². The van der Waals surface area contributed by atoms with Gasteiger partial charge >= 0.3 is 17.9 Å². The Bertz CT molecular complexity index is 1390. The molecule has 4 rings (SSSR count). The van der Waals surface area contributed by atoms with Crippen molar-refractivity contribution in [1.29, 1.82) is 0 Å². The maximum atomic E-state index is 14.4. The molecule has 1 amide bonds. The fourth-order valence-electron chi connectivity index (χ4n) is 7.09. The van der Waals surface area contributed by atoms with Crippen LogP contribution in [0, 0.1) is 11.3 Å². The quantitative estimate of drug-likeness (QED) is 0.168. The minimum atomic E-state index is -1.70. The Hall–Kier alpha value is -3.40. The van der Waals surface area contributed by atoms with E-state index in [9.17, 15) is 19.2 Å². The van der Waals surface area contributed by atoms with Crippen LogP contribution in [0.2, 0.25) is 0 Å². The second kappa shape index (κ2) is 17.4. The fraction of sp³-hybridized carbons (Fsp3) is 0.676. The number of methoxy groups -OCH3 is 3. The number of carbonyl (C=O) groups is 4. The summed E-state index contributed by atoms with van der Waals surface area (Å²) >= 11 is 0. The number of hydrogen-bond donors (Lipinski definition) is 1. The zero-order valence-electron chi connectivity index (χ0n) is 30.8. The largest absolute Gasteiger partial charge is 0.469 e. The lowest BCUT2D eigenvalue weighted by Gasteiger charge is -2.54. The third-order valence-corrected chi connectivity index (χ3v) is 10.2. The van der Waals surface area contributed by atoms with Crippen molar-refractivity contribution in [2.75, 3.05) is 28.1 Å². The SMILES string of the molecule is C=C1C[C@](OC)([C@H](OC(=O)c2ccccc2)C(=O)N[C@H]2OCO[C@H]3[C@@H]2O[C@H](C[C@@H](CCCC(=O)OC)OC(C)=O)C(C)(C)[C@@H]3OC)O[C@H](C)[C@@H]1C. The number of benzene rings is 1. The lowest BCUT2D eigenvalue weighted by Crippen LogP contribution is -2.69. The molecule has 0 unspecified atom stereocenters. The molecule has 3 heterocycles. The number of fused-ring (bicyclic) bond motifs is 1. The molecule has 284 valence electrons. The Morgan fingerprint density at radius 1 is 1.02 bits per heavy atom. The second-order valence-corrected chi connectivity index (χ2v) is 14.0. The van der Waals surface area contributed by atoms with Crippen LogP contribution >= 0.6 is 0 Å². The van der Waals surface area contributed by atoms with Crippen LogP contribution in [0.1, 0.15) is 77.1 Å². The van der Waals surface area contributed by atoms with E-state index in [-0.39, 0.29) is 43.5 Å². The van der Waals surface area contributed by atoms with Crippen LogP contribution in [0.5, 0.6) is 0 Å². The highest BCUT2D eigenvalue weighted by molar-refractivity contribution is 5.92. The van der Waals surface area contributed by atoms with Gasteiger partial charge in [0, 0.05) is 51.7 Å². The molecule has 14 heteroatoms. The summed E-state index contributed by atoms with van der Waals surface area (Å²) in [5.41, 5.74) is 0.334. The van der Waals surface area contributed by atoms with Gasteiger partial charge in [-0.3, -0.25) is 14.4 Å². The van der Waals surface area contributed by atoms with Crippen molar-refractivity contribution >= 4 is 23.8 Å². The number of carbonyl (C=O) groups excluding carboxylic acids is 4. The molecule has 3 fully saturated rings. The molecule has 1 aromatic rings. The normalized spacial score (nSPS) is 31.4. The van der Waals surface area contributed by atoms with Gasteiger partial charge in [0.25, 0.3) is 5.91 Å². The van der Waals surface area contributed by atoms with E-state index in [2.05, 4.69) is 11.9 Å². The predicted molar refractivity (Wildman–Crippen MR) is 181 cm³/mol. The molecule has 0 aromatic heterocycles. The van der Waals surface area contributed by atoms with Gasteiger partial charge in [-0.25, -0.2) is 4.79 Å². The Balaban J connectivity index is 1.62. The standard InChI is InChI=1S/C37H53NO13/c1-21-19-37(45-9,51-23(3)22(21)2)32(50-35(42)25-14-11-10-12-15-25)33(41)38-34-30-29(46-20-47-34)31(44-8)36(5,6)27(49-30)18-26(48-24(4)39)16-13-17-28(40)43-7/h10-12,14-15,22-23,26-27,29-32,34H,1,13,16-20H2,2-9H3,(H,38,41)/t22-,23-,26-,27-,29+,30+,31-,32-,34+,37-/m1/s1. The van der Waals surface area contributed by atoms with E-state index in [4.69, 9.17) is 42.6 Å². The lowest BCUT2D eigenvalue weighted by molar-refractivity contribution is -0.333. The van der Waals surface area contributed by atoms with E-state index in [1.165, 1.54) is 21.1 Å². The number of esters is 3. The first-order valence-corrected chi connectivity index (χ1v) is 17.3. The van der Waals surface area contributed by atoms with Crippen LogP contribution in [-0.2, 0) is 57.0 Å². The van der Waals surface area contributed by atoms with Crippen LogP contribution in [0.4, 0.5) is 0 Å². The van der Waals surface area contributed by atoms with Crippen molar-refractivity contribution in [2.24, 2.45) is 11.3 Å². The number of ether oxygens (including phenoxy) is 9. The first-order chi connectivity index (χ1) is 24.2. The van der Waals surface area contributed by atoms with Crippen molar-refractivity contribution in [2.45, 2.75) is 121 Å². The summed E-state index contributed by atoms with van der Waals surface area (Å²) in [6.45, 7) is 13.0. The summed E-state index contributed by atoms with van der Waals surface area (Å²) in [4.78, 5) is 51.6. The van der Waals surface area contributed by atoms with Crippen molar-refractivity contribution in [3.63, 3.8) is 0 Å². The average molecular weight is 720 g/mol. The molecular weight excluding hydrogens is 666 g/mol. The monoisotopic (exact) mass is 719 g/mol. The van der Waals surface area contributed by atoms with Crippen LogP contribution in [0.25, 0.3) is 0 Å². The van der Waals surface area contributed by atoms with Gasteiger partial charge in [-0.1, -0.05) is 51.1 Å². The van der Waals surface area contributed by atoms with E-state index in [0.717, 1.165) is 5.57 Å². The van der Waals surface area contributed by atoms with Crippen molar-refractivity contribution in [3.05, 3.63) is 48.0 Å². The summed E-state index contributed by atoms with van der Waals surface area (Å²) in [5.74, 6) is -4.07. The topological polar surface area (TPSA) is 163 Å². The van der Waals surface area contributed by atoms with Gasteiger partial charge in [-0.05, 0) is 31.9 Å². The summed E-state index contributed by atoms with van der Waals surface area (Å²) in [6.07, 6.45) is -5.06.